The number of benzene rings is 3. The average Bonchev–Trinajstić information content (AvgIpc) is 3.46. The Kier molecular flexibility index (Phi) is 4.04. The molecule has 4 rings (SSSR count). The van der Waals surface area contributed by atoms with Gasteiger partial charge in [-0.15, -0.1) is 0 Å². The van der Waals surface area contributed by atoms with E-state index in [0.717, 1.165) is 16.7 Å². The highest BCUT2D eigenvalue weighted by molar-refractivity contribution is 5.96. The number of rotatable bonds is 4. The van der Waals surface area contributed by atoms with E-state index in [1.165, 1.54) is 29.2 Å². The van der Waals surface area contributed by atoms with Crippen LogP contribution in [-0.4, -0.2) is 5.91 Å². The van der Waals surface area contributed by atoms with Crippen LogP contribution in [0.2, 0.25) is 0 Å². The van der Waals surface area contributed by atoms with Crippen molar-refractivity contribution >= 4 is 16.7 Å². The van der Waals surface area contributed by atoms with E-state index in [9.17, 15) is 4.79 Å². The van der Waals surface area contributed by atoms with Crippen LogP contribution in [0.4, 0.5) is 0 Å². The summed E-state index contributed by atoms with van der Waals surface area (Å²) in [6.45, 7) is 4.06. The fraction of sp³-hybridized carbons (Fsp3) is 0.261. The molecule has 0 saturated heterocycles. The van der Waals surface area contributed by atoms with Crippen molar-refractivity contribution in [2.75, 3.05) is 0 Å². The molecule has 1 fully saturated rings. The van der Waals surface area contributed by atoms with Crippen LogP contribution in [0.5, 0.6) is 0 Å². The van der Waals surface area contributed by atoms with Gasteiger partial charge < -0.3 is 5.32 Å². The van der Waals surface area contributed by atoms with E-state index in [1.54, 1.807) is 0 Å². The molecule has 0 aliphatic heterocycles. The summed E-state index contributed by atoms with van der Waals surface area (Å²) in [6.07, 6.45) is 2.49. The van der Waals surface area contributed by atoms with Gasteiger partial charge in [0.05, 0.1) is 6.04 Å². The first-order valence-corrected chi connectivity index (χ1v) is 9.02. The number of fused-ring (bicyclic) bond motifs is 1. The highest BCUT2D eigenvalue weighted by atomic mass is 16.1. The zero-order valence-corrected chi connectivity index (χ0v) is 14.8. The molecule has 1 N–H and O–H groups in total. The molecule has 0 spiro atoms. The number of hydrogen-bond acceptors (Lipinski definition) is 1. The molecule has 2 nitrogen and oxygen atoms in total. The van der Waals surface area contributed by atoms with E-state index in [-0.39, 0.29) is 11.9 Å². The van der Waals surface area contributed by atoms with E-state index >= 15 is 0 Å². The summed E-state index contributed by atoms with van der Waals surface area (Å²) in [5.41, 5.74) is 4.29. The van der Waals surface area contributed by atoms with Crippen molar-refractivity contribution in [3.8, 4) is 0 Å². The minimum Gasteiger partial charge on any atom is -0.345 e. The van der Waals surface area contributed by atoms with Crippen molar-refractivity contribution in [3.05, 3.63) is 82.9 Å². The van der Waals surface area contributed by atoms with Crippen LogP contribution in [0.15, 0.2) is 60.7 Å². The Morgan fingerprint density at radius 2 is 1.80 bits per heavy atom. The van der Waals surface area contributed by atoms with Gasteiger partial charge in [0.1, 0.15) is 0 Å². The van der Waals surface area contributed by atoms with E-state index in [2.05, 4.69) is 60.8 Å². The van der Waals surface area contributed by atoms with Crippen LogP contribution < -0.4 is 5.32 Å². The Bertz CT molecular complexity index is 934. The standard InChI is InChI=1S/C23H23NO/c1-15-10-11-19(17-12-13-17)14-22(15)23(25)24-16(2)20-9-5-7-18-6-3-4-8-21(18)20/h3-11,14,16-17H,12-13H2,1-2H3,(H,24,25)/t16-/m1/s1. The predicted molar refractivity (Wildman–Crippen MR) is 103 cm³/mol. The SMILES string of the molecule is Cc1ccc(C2CC2)cc1C(=O)N[C@H](C)c1cccc2ccccc12. The van der Waals surface area contributed by atoms with E-state index in [4.69, 9.17) is 0 Å². The van der Waals surface area contributed by atoms with Crippen LogP contribution >= 0.6 is 0 Å². The zero-order valence-electron chi connectivity index (χ0n) is 14.8. The highest BCUT2D eigenvalue weighted by Crippen LogP contribution is 2.40. The first-order chi connectivity index (χ1) is 12.1. The molecule has 1 amide bonds. The van der Waals surface area contributed by atoms with Crippen molar-refractivity contribution in [2.45, 2.75) is 38.6 Å². The van der Waals surface area contributed by atoms with E-state index in [1.807, 2.05) is 19.1 Å². The minimum absolute atomic E-state index is 0.0143. The lowest BCUT2D eigenvalue weighted by atomic mass is 9.98. The topological polar surface area (TPSA) is 29.1 Å². The van der Waals surface area contributed by atoms with E-state index < -0.39 is 0 Å². The van der Waals surface area contributed by atoms with Gasteiger partial charge in [-0.3, -0.25) is 4.79 Å². The van der Waals surface area contributed by atoms with Gasteiger partial charge in [-0.25, -0.2) is 0 Å². The summed E-state index contributed by atoms with van der Waals surface area (Å²) in [5, 5.41) is 5.59. The Morgan fingerprint density at radius 1 is 1.04 bits per heavy atom. The minimum atomic E-state index is -0.0393. The van der Waals surface area contributed by atoms with Gasteiger partial charge >= 0.3 is 0 Å². The van der Waals surface area contributed by atoms with Gasteiger partial charge in [0, 0.05) is 5.56 Å². The van der Waals surface area contributed by atoms with E-state index in [0.29, 0.717) is 5.92 Å². The maximum atomic E-state index is 12.9. The second kappa shape index (κ2) is 6.36. The molecule has 126 valence electrons. The molecule has 0 heterocycles. The second-order valence-electron chi connectivity index (χ2n) is 7.11. The van der Waals surface area contributed by atoms with Gasteiger partial charge in [-0.2, -0.15) is 0 Å². The number of aryl methyl sites for hydroxylation is 1. The molecule has 1 aliphatic carbocycles. The van der Waals surface area contributed by atoms with Crippen LogP contribution in [0, 0.1) is 6.92 Å². The first kappa shape index (κ1) is 15.9. The third kappa shape index (κ3) is 3.17. The van der Waals surface area contributed by atoms with Crippen LogP contribution in [0.3, 0.4) is 0 Å². The molecular weight excluding hydrogens is 306 g/mol. The second-order valence-corrected chi connectivity index (χ2v) is 7.11. The Morgan fingerprint density at radius 3 is 2.60 bits per heavy atom. The smallest absolute Gasteiger partial charge is 0.252 e. The van der Waals surface area contributed by atoms with Crippen LogP contribution in [0.1, 0.15) is 58.8 Å². The Hall–Kier alpha value is -2.61. The van der Waals surface area contributed by atoms with Gasteiger partial charge in [0.2, 0.25) is 0 Å². The summed E-state index contributed by atoms with van der Waals surface area (Å²) in [5.74, 6) is 0.670. The lowest BCUT2D eigenvalue weighted by Gasteiger charge is -2.18. The fourth-order valence-electron chi connectivity index (χ4n) is 3.54. The largest absolute Gasteiger partial charge is 0.345 e. The summed E-state index contributed by atoms with van der Waals surface area (Å²) in [4.78, 5) is 12.9. The van der Waals surface area contributed by atoms with Crippen molar-refractivity contribution < 1.29 is 4.79 Å². The molecule has 0 aromatic heterocycles. The molecule has 1 saturated carbocycles. The number of hydrogen-bond donors (Lipinski definition) is 1. The van der Waals surface area contributed by atoms with Crippen LogP contribution in [0.25, 0.3) is 10.8 Å². The molecule has 25 heavy (non-hydrogen) atoms. The number of carbonyl (C=O) groups excluding carboxylic acids is 1. The number of carbonyl (C=O) groups is 1. The maximum Gasteiger partial charge on any atom is 0.252 e. The first-order valence-electron chi connectivity index (χ1n) is 9.02. The fourth-order valence-corrected chi connectivity index (χ4v) is 3.54. The molecule has 3 aromatic carbocycles. The summed E-state index contributed by atoms with van der Waals surface area (Å²) in [7, 11) is 0. The van der Waals surface area contributed by atoms with Crippen molar-refractivity contribution in [1.29, 1.82) is 0 Å². The molecule has 0 unspecified atom stereocenters. The zero-order chi connectivity index (χ0) is 17.4. The molecular formula is C23H23NO. The Balaban J connectivity index is 1.61. The molecule has 1 aliphatic rings. The maximum absolute atomic E-state index is 12.9. The summed E-state index contributed by atoms with van der Waals surface area (Å²) < 4.78 is 0. The molecule has 2 heteroatoms. The summed E-state index contributed by atoms with van der Waals surface area (Å²) >= 11 is 0. The predicted octanol–water partition coefficient (Wildman–Crippen LogP) is 5.52. The van der Waals surface area contributed by atoms with Gasteiger partial charge in [-0.1, -0.05) is 54.6 Å². The quantitative estimate of drug-likeness (QED) is 0.671. The van der Waals surface area contributed by atoms with Gasteiger partial charge in [0.15, 0.2) is 0 Å². The molecule has 0 radical (unpaired) electrons. The third-order valence-electron chi connectivity index (χ3n) is 5.19. The number of nitrogens with one attached hydrogen (secondary N) is 1. The Labute approximate surface area is 148 Å². The molecule has 0 bridgehead atoms. The van der Waals surface area contributed by atoms with Crippen molar-refractivity contribution in [1.82, 2.24) is 5.32 Å². The van der Waals surface area contributed by atoms with Crippen molar-refractivity contribution in [3.63, 3.8) is 0 Å². The number of amides is 1. The molecule has 3 aromatic rings. The average molecular weight is 329 g/mol. The van der Waals surface area contributed by atoms with Crippen molar-refractivity contribution in [2.24, 2.45) is 0 Å². The summed E-state index contributed by atoms with van der Waals surface area (Å²) in [6, 6.07) is 20.9. The molecule has 1 atom stereocenters. The lowest BCUT2D eigenvalue weighted by molar-refractivity contribution is 0.0939. The van der Waals surface area contributed by atoms with Gasteiger partial charge in [0.25, 0.3) is 5.91 Å². The van der Waals surface area contributed by atoms with Crippen LogP contribution in [-0.2, 0) is 0 Å². The highest BCUT2D eigenvalue weighted by Gasteiger charge is 2.25. The lowest BCUT2D eigenvalue weighted by Crippen LogP contribution is -2.27. The monoisotopic (exact) mass is 329 g/mol. The third-order valence-corrected chi connectivity index (χ3v) is 5.19. The van der Waals surface area contributed by atoms with Gasteiger partial charge in [-0.05, 0) is 66.1 Å². The normalized spacial score (nSPS) is 15.1.